The first-order valence-corrected chi connectivity index (χ1v) is 7.81. The molecule has 128 valence electrons. The van der Waals surface area contributed by atoms with Crippen LogP contribution in [0.1, 0.15) is 10.5 Å². The predicted molar refractivity (Wildman–Crippen MR) is 93.4 cm³/mol. The van der Waals surface area contributed by atoms with Gasteiger partial charge >= 0.3 is 0 Å². The van der Waals surface area contributed by atoms with Gasteiger partial charge in [0.25, 0.3) is 5.91 Å². The molecule has 1 N–H and O–H groups in total. The second-order valence-electron chi connectivity index (χ2n) is 5.52. The van der Waals surface area contributed by atoms with Gasteiger partial charge in [-0.3, -0.25) is 4.79 Å². The van der Waals surface area contributed by atoms with Crippen molar-refractivity contribution >= 4 is 11.6 Å². The molecule has 1 amide bonds. The summed E-state index contributed by atoms with van der Waals surface area (Å²) in [5.41, 5.74) is 2.25. The van der Waals surface area contributed by atoms with E-state index in [1.807, 2.05) is 12.1 Å². The lowest BCUT2D eigenvalue weighted by Crippen LogP contribution is -2.13. The van der Waals surface area contributed by atoms with Crippen molar-refractivity contribution in [2.75, 3.05) is 5.32 Å². The Morgan fingerprint density at radius 3 is 2.69 bits per heavy atom. The third kappa shape index (κ3) is 3.23. The topological polar surface area (TPSA) is 73.0 Å². The maximum absolute atomic E-state index is 13.3. The fourth-order valence-corrected chi connectivity index (χ4v) is 2.48. The molecule has 0 spiro atoms. The molecule has 0 unspecified atom stereocenters. The Kier molecular flexibility index (Phi) is 4.03. The number of nitrogens with one attached hydrogen (secondary N) is 1. The van der Waals surface area contributed by atoms with Crippen molar-refractivity contribution in [2.45, 2.75) is 0 Å². The Hall–Kier alpha value is -3.74. The molecule has 7 heteroatoms. The molecule has 0 fully saturated rings. The van der Waals surface area contributed by atoms with Gasteiger partial charge in [-0.15, -0.1) is 0 Å². The highest BCUT2D eigenvalue weighted by molar-refractivity contribution is 6.02. The summed E-state index contributed by atoms with van der Waals surface area (Å²) < 4.78 is 20.0. The highest BCUT2D eigenvalue weighted by Crippen LogP contribution is 2.21. The number of benzene rings is 2. The van der Waals surface area contributed by atoms with Crippen LogP contribution >= 0.6 is 0 Å². The summed E-state index contributed by atoms with van der Waals surface area (Å²) >= 11 is 0. The van der Waals surface area contributed by atoms with Gasteiger partial charge < -0.3 is 9.73 Å². The minimum atomic E-state index is -0.365. The molecule has 2 heterocycles. The summed E-state index contributed by atoms with van der Waals surface area (Å²) in [6.45, 7) is 0. The smallest absolute Gasteiger partial charge is 0.276 e. The zero-order chi connectivity index (χ0) is 17.9. The van der Waals surface area contributed by atoms with Gasteiger partial charge in [-0.25, -0.2) is 14.1 Å². The van der Waals surface area contributed by atoms with Gasteiger partial charge in [0.2, 0.25) is 0 Å². The van der Waals surface area contributed by atoms with Gasteiger partial charge in [-0.1, -0.05) is 6.07 Å². The maximum atomic E-state index is 13.3. The molecule has 0 atom stereocenters. The molecule has 2 aromatic heterocycles. The maximum Gasteiger partial charge on any atom is 0.276 e. The van der Waals surface area contributed by atoms with Crippen molar-refractivity contribution in [1.82, 2.24) is 14.8 Å². The fraction of sp³-hybridized carbons (Fsp3) is 0. The van der Waals surface area contributed by atoms with E-state index < -0.39 is 0 Å². The molecule has 0 bridgehead atoms. The monoisotopic (exact) mass is 348 g/mol. The highest BCUT2D eigenvalue weighted by atomic mass is 19.1. The van der Waals surface area contributed by atoms with E-state index in [0.717, 1.165) is 5.56 Å². The lowest BCUT2D eigenvalue weighted by atomic mass is 10.1. The van der Waals surface area contributed by atoms with E-state index in [0.29, 0.717) is 17.1 Å². The predicted octanol–water partition coefficient (Wildman–Crippen LogP) is 3.92. The van der Waals surface area contributed by atoms with Crippen molar-refractivity contribution < 1.29 is 13.6 Å². The first-order valence-electron chi connectivity index (χ1n) is 7.81. The molecule has 0 radical (unpaired) electrons. The third-order valence-corrected chi connectivity index (χ3v) is 3.75. The van der Waals surface area contributed by atoms with Gasteiger partial charge in [0.15, 0.2) is 17.8 Å². The Labute approximate surface area is 147 Å². The molecular formula is C19H13FN4O2. The minimum Gasteiger partial charge on any atom is -0.444 e. The molecule has 0 aliphatic carbocycles. The summed E-state index contributed by atoms with van der Waals surface area (Å²) in [7, 11) is 0. The van der Waals surface area contributed by atoms with E-state index >= 15 is 0 Å². The molecule has 6 nitrogen and oxygen atoms in total. The molecule has 26 heavy (non-hydrogen) atoms. The lowest BCUT2D eigenvalue weighted by Gasteiger charge is -2.04. The van der Waals surface area contributed by atoms with Crippen LogP contribution < -0.4 is 5.32 Å². The Morgan fingerprint density at radius 1 is 1.12 bits per heavy atom. The highest BCUT2D eigenvalue weighted by Gasteiger charge is 2.11. The number of anilines is 1. The van der Waals surface area contributed by atoms with Crippen LogP contribution in [0.4, 0.5) is 10.1 Å². The van der Waals surface area contributed by atoms with Crippen LogP contribution in [0, 0.1) is 5.82 Å². The SMILES string of the molecule is O=C(Nc1ccc(-c2cnco2)cc1)c1ccn(-c2cccc(F)c2)n1. The summed E-state index contributed by atoms with van der Waals surface area (Å²) in [5.74, 6) is -0.0693. The van der Waals surface area contributed by atoms with Crippen LogP contribution in [0.5, 0.6) is 0 Å². The van der Waals surface area contributed by atoms with Crippen LogP contribution in [-0.4, -0.2) is 20.7 Å². The van der Waals surface area contributed by atoms with Gasteiger partial charge in [0.05, 0.1) is 11.9 Å². The molecule has 0 aliphatic rings. The number of rotatable bonds is 4. The minimum absolute atomic E-state index is 0.230. The van der Waals surface area contributed by atoms with E-state index in [1.165, 1.54) is 23.2 Å². The quantitative estimate of drug-likeness (QED) is 0.607. The third-order valence-electron chi connectivity index (χ3n) is 3.75. The number of carbonyl (C=O) groups is 1. The normalized spacial score (nSPS) is 10.7. The Morgan fingerprint density at radius 2 is 1.96 bits per heavy atom. The fourth-order valence-electron chi connectivity index (χ4n) is 2.48. The van der Waals surface area contributed by atoms with E-state index in [-0.39, 0.29) is 17.4 Å². The van der Waals surface area contributed by atoms with E-state index in [1.54, 1.807) is 42.7 Å². The first-order chi connectivity index (χ1) is 12.7. The second kappa shape index (κ2) is 6.64. The van der Waals surface area contributed by atoms with E-state index in [2.05, 4.69) is 15.4 Å². The van der Waals surface area contributed by atoms with Gasteiger partial charge in [-0.05, 0) is 48.5 Å². The van der Waals surface area contributed by atoms with Crippen molar-refractivity contribution in [3.63, 3.8) is 0 Å². The number of halogens is 1. The van der Waals surface area contributed by atoms with Crippen LogP contribution in [0.25, 0.3) is 17.0 Å². The van der Waals surface area contributed by atoms with Gasteiger partial charge in [0, 0.05) is 17.4 Å². The number of amides is 1. The van der Waals surface area contributed by atoms with E-state index in [4.69, 9.17) is 4.42 Å². The van der Waals surface area contributed by atoms with Crippen LogP contribution in [0.15, 0.2) is 77.8 Å². The zero-order valence-corrected chi connectivity index (χ0v) is 13.5. The van der Waals surface area contributed by atoms with Crippen molar-refractivity contribution in [2.24, 2.45) is 0 Å². The second-order valence-corrected chi connectivity index (χ2v) is 5.52. The lowest BCUT2D eigenvalue weighted by molar-refractivity contribution is 0.102. The van der Waals surface area contributed by atoms with Crippen molar-refractivity contribution in [3.05, 3.63) is 84.9 Å². The average molecular weight is 348 g/mol. The molecule has 2 aromatic carbocycles. The zero-order valence-electron chi connectivity index (χ0n) is 13.5. The van der Waals surface area contributed by atoms with Gasteiger partial charge in [-0.2, -0.15) is 5.10 Å². The molecule has 0 aliphatic heterocycles. The average Bonchev–Trinajstić information content (AvgIpc) is 3.35. The number of aromatic nitrogens is 3. The number of hydrogen-bond acceptors (Lipinski definition) is 4. The first kappa shape index (κ1) is 15.8. The van der Waals surface area contributed by atoms with Gasteiger partial charge in [0.1, 0.15) is 5.82 Å². The van der Waals surface area contributed by atoms with Crippen molar-refractivity contribution in [1.29, 1.82) is 0 Å². The number of nitrogens with zero attached hydrogens (tertiary/aromatic N) is 3. The Balaban J connectivity index is 1.48. The number of hydrogen-bond donors (Lipinski definition) is 1. The molecule has 4 rings (SSSR count). The molecule has 0 saturated heterocycles. The van der Waals surface area contributed by atoms with E-state index in [9.17, 15) is 9.18 Å². The largest absolute Gasteiger partial charge is 0.444 e. The standard InChI is InChI=1S/C19H13FN4O2/c20-14-2-1-3-16(10-14)24-9-8-17(23-24)19(25)22-15-6-4-13(5-7-15)18-11-21-12-26-18/h1-12H,(H,22,25). The molecule has 0 saturated carbocycles. The molecular weight excluding hydrogens is 335 g/mol. The van der Waals surface area contributed by atoms with Crippen LogP contribution in [0.3, 0.4) is 0 Å². The summed E-state index contributed by atoms with van der Waals surface area (Å²) in [5, 5.41) is 6.96. The van der Waals surface area contributed by atoms with Crippen LogP contribution in [-0.2, 0) is 0 Å². The Bertz CT molecular complexity index is 1040. The summed E-state index contributed by atoms with van der Waals surface area (Å²) in [4.78, 5) is 16.2. The summed E-state index contributed by atoms with van der Waals surface area (Å²) in [6.07, 6.45) is 4.59. The van der Waals surface area contributed by atoms with Crippen molar-refractivity contribution in [3.8, 4) is 17.0 Å². The number of carbonyl (C=O) groups excluding carboxylic acids is 1. The molecule has 4 aromatic rings. The summed E-state index contributed by atoms with van der Waals surface area (Å²) in [6, 6.07) is 14.7. The number of oxazole rings is 1. The van der Waals surface area contributed by atoms with Crippen LogP contribution in [0.2, 0.25) is 0 Å².